The highest BCUT2D eigenvalue weighted by Crippen LogP contribution is 2.30. The van der Waals surface area contributed by atoms with E-state index >= 15 is 0 Å². The van der Waals surface area contributed by atoms with Gasteiger partial charge in [-0.3, -0.25) is 0 Å². The molecule has 1 heterocycles. The zero-order chi connectivity index (χ0) is 12.7. The fourth-order valence-electron chi connectivity index (χ4n) is 1.74. The van der Waals surface area contributed by atoms with Crippen LogP contribution >= 0.6 is 0 Å². The van der Waals surface area contributed by atoms with Crippen molar-refractivity contribution in [2.24, 2.45) is 0 Å². The Morgan fingerprint density at radius 2 is 1.89 bits per heavy atom. The Morgan fingerprint density at radius 3 is 2.67 bits per heavy atom. The maximum absolute atomic E-state index is 9.57. The number of aromatic hydroxyl groups is 1. The smallest absolute Gasteiger partial charge is 0.227 e. The molecule has 5 N–H and O–H groups in total. The summed E-state index contributed by atoms with van der Waals surface area (Å²) in [6.07, 6.45) is 0. The van der Waals surface area contributed by atoms with Crippen molar-refractivity contribution in [3.63, 3.8) is 0 Å². The Labute approximate surface area is 103 Å². The minimum Gasteiger partial charge on any atom is -0.506 e. The van der Waals surface area contributed by atoms with Gasteiger partial charge >= 0.3 is 0 Å². The number of hydrogen-bond donors (Lipinski definition) is 3. The van der Waals surface area contributed by atoms with E-state index in [2.05, 4.69) is 4.98 Å². The Hall–Kier alpha value is -2.69. The van der Waals surface area contributed by atoms with Gasteiger partial charge in [0.15, 0.2) is 5.58 Å². The van der Waals surface area contributed by atoms with Crippen molar-refractivity contribution >= 4 is 22.5 Å². The number of oxazole rings is 1. The van der Waals surface area contributed by atoms with Crippen LogP contribution in [0.3, 0.4) is 0 Å². The summed E-state index contributed by atoms with van der Waals surface area (Å²) in [4.78, 5) is 4.32. The molecule has 5 nitrogen and oxygen atoms in total. The molecule has 0 fully saturated rings. The van der Waals surface area contributed by atoms with Crippen molar-refractivity contribution in [1.82, 2.24) is 4.98 Å². The van der Waals surface area contributed by atoms with Crippen LogP contribution in [0.5, 0.6) is 5.75 Å². The second-order valence-corrected chi connectivity index (χ2v) is 4.02. The van der Waals surface area contributed by atoms with Gasteiger partial charge in [0.25, 0.3) is 0 Å². The van der Waals surface area contributed by atoms with Crippen molar-refractivity contribution < 1.29 is 9.52 Å². The summed E-state index contributed by atoms with van der Waals surface area (Å²) in [6.45, 7) is 0. The first-order valence-electron chi connectivity index (χ1n) is 5.38. The number of aromatic nitrogens is 1. The van der Waals surface area contributed by atoms with E-state index in [-0.39, 0.29) is 5.75 Å². The normalized spacial score (nSPS) is 10.9. The van der Waals surface area contributed by atoms with Crippen molar-refractivity contribution in [3.8, 4) is 17.2 Å². The standard InChI is InChI=1S/C13H11N3O2/c14-8-2-4-12-10(6-8)16-13(18-12)7-1-3-9(15)11(17)5-7/h1-6,17H,14-15H2. The minimum absolute atomic E-state index is 0.00858. The summed E-state index contributed by atoms with van der Waals surface area (Å²) >= 11 is 0. The maximum Gasteiger partial charge on any atom is 0.227 e. The van der Waals surface area contributed by atoms with E-state index in [1.54, 1.807) is 30.3 Å². The molecule has 1 aromatic heterocycles. The summed E-state index contributed by atoms with van der Waals surface area (Å²) in [7, 11) is 0. The molecule has 0 aliphatic heterocycles. The van der Waals surface area contributed by atoms with Gasteiger partial charge in [-0.2, -0.15) is 0 Å². The number of fused-ring (bicyclic) bond motifs is 1. The van der Waals surface area contributed by atoms with Gasteiger partial charge in [0.1, 0.15) is 11.3 Å². The van der Waals surface area contributed by atoms with Gasteiger partial charge in [0.05, 0.1) is 5.69 Å². The van der Waals surface area contributed by atoms with Crippen molar-refractivity contribution in [3.05, 3.63) is 36.4 Å². The second kappa shape index (κ2) is 3.66. The van der Waals surface area contributed by atoms with E-state index in [0.29, 0.717) is 33.9 Å². The van der Waals surface area contributed by atoms with E-state index in [1.165, 1.54) is 6.07 Å². The Kier molecular flexibility index (Phi) is 2.13. The number of hydrogen-bond acceptors (Lipinski definition) is 5. The van der Waals surface area contributed by atoms with Gasteiger partial charge in [-0.1, -0.05) is 0 Å². The molecule has 0 bridgehead atoms. The van der Waals surface area contributed by atoms with Crippen LogP contribution in [0.15, 0.2) is 40.8 Å². The van der Waals surface area contributed by atoms with Gasteiger partial charge in [-0.05, 0) is 36.4 Å². The van der Waals surface area contributed by atoms with E-state index in [0.717, 1.165) is 0 Å². The molecule has 0 spiro atoms. The molecule has 0 saturated heterocycles. The molecule has 2 aromatic carbocycles. The van der Waals surface area contributed by atoms with Crippen molar-refractivity contribution in [1.29, 1.82) is 0 Å². The first-order chi connectivity index (χ1) is 8.63. The highest BCUT2D eigenvalue weighted by Gasteiger charge is 2.09. The first-order valence-corrected chi connectivity index (χ1v) is 5.38. The van der Waals surface area contributed by atoms with Gasteiger partial charge in [-0.15, -0.1) is 0 Å². The lowest BCUT2D eigenvalue weighted by Gasteiger charge is -1.99. The summed E-state index contributed by atoms with van der Waals surface area (Å²) in [6, 6.07) is 10.1. The highest BCUT2D eigenvalue weighted by atomic mass is 16.3. The summed E-state index contributed by atoms with van der Waals surface area (Å²) < 4.78 is 5.59. The number of nitrogens with two attached hydrogens (primary N) is 2. The number of rotatable bonds is 1. The van der Waals surface area contributed by atoms with Gasteiger partial charge in [0.2, 0.25) is 5.89 Å². The molecule has 0 aliphatic carbocycles. The quantitative estimate of drug-likeness (QED) is 0.448. The molecule has 0 saturated carbocycles. The van der Waals surface area contributed by atoms with E-state index < -0.39 is 0 Å². The fourth-order valence-corrected chi connectivity index (χ4v) is 1.74. The van der Waals surface area contributed by atoms with E-state index in [1.807, 2.05) is 0 Å². The highest BCUT2D eigenvalue weighted by molar-refractivity contribution is 5.79. The third-order valence-corrected chi connectivity index (χ3v) is 2.69. The molecular formula is C13H11N3O2. The summed E-state index contributed by atoms with van der Waals surface area (Å²) in [5, 5.41) is 9.57. The SMILES string of the molecule is Nc1ccc2oc(-c3ccc(N)c(O)c3)nc2c1. The van der Waals surface area contributed by atoms with E-state index in [4.69, 9.17) is 15.9 Å². The topological polar surface area (TPSA) is 98.3 Å². The van der Waals surface area contributed by atoms with Crippen LogP contribution in [0.1, 0.15) is 0 Å². The first kappa shape index (κ1) is 10.5. The van der Waals surface area contributed by atoms with Crippen LogP contribution in [0, 0.1) is 0 Å². The Bertz CT molecular complexity index is 734. The zero-order valence-electron chi connectivity index (χ0n) is 9.42. The molecule has 90 valence electrons. The lowest BCUT2D eigenvalue weighted by molar-refractivity contribution is 0.478. The Balaban J connectivity index is 2.16. The fraction of sp³-hybridized carbons (Fsp3) is 0. The van der Waals surface area contributed by atoms with Gasteiger partial charge < -0.3 is 21.0 Å². The molecule has 5 heteroatoms. The van der Waals surface area contributed by atoms with Crippen LogP contribution in [0.25, 0.3) is 22.6 Å². The third-order valence-electron chi connectivity index (χ3n) is 2.69. The molecule has 0 atom stereocenters. The molecule has 0 aliphatic rings. The van der Waals surface area contributed by atoms with E-state index in [9.17, 15) is 5.11 Å². The summed E-state index contributed by atoms with van der Waals surface area (Å²) in [5.74, 6) is 0.431. The van der Waals surface area contributed by atoms with Crippen LogP contribution in [0.4, 0.5) is 11.4 Å². The van der Waals surface area contributed by atoms with Crippen molar-refractivity contribution in [2.45, 2.75) is 0 Å². The van der Waals surface area contributed by atoms with Crippen LogP contribution in [-0.2, 0) is 0 Å². The number of nitrogens with zero attached hydrogens (tertiary/aromatic N) is 1. The summed E-state index contributed by atoms with van der Waals surface area (Å²) in [5.41, 5.74) is 14.2. The average Bonchev–Trinajstić information content (AvgIpc) is 2.75. The zero-order valence-corrected chi connectivity index (χ0v) is 9.42. The van der Waals surface area contributed by atoms with Gasteiger partial charge in [-0.25, -0.2) is 4.98 Å². The largest absolute Gasteiger partial charge is 0.506 e. The van der Waals surface area contributed by atoms with Crippen LogP contribution < -0.4 is 11.5 Å². The number of anilines is 2. The average molecular weight is 241 g/mol. The molecule has 18 heavy (non-hydrogen) atoms. The molecule has 3 rings (SSSR count). The number of phenols is 1. The predicted molar refractivity (Wildman–Crippen MR) is 69.9 cm³/mol. The van der Waals surface area contributed by atoms with Gasteiger partial charge in [0, 0.05) is 11.3 Å². The molecule has 0 radical (unpaired) electrons. The lowest BCUT2D eigenvalue weighted by atomic mass is 10.2. The molecular weight excluding hydrogens is 230 g/mol. The molecule has 0 amide bonds. The molecule has 0 unspecified atom stereocenters. The predicted octanol–water partition coefficient (Wildman–Crippen LogP) is 2.36. The lowest BCUT2D eigenvalue weighted by Crippen LogP contribution is -1.86. The van der Waals surface area contributed by atoms with Crippen molar-refractivity contribution in [2.75, 3.05) is 11.5 Å². The molecule has 3 aromatic rings. The maximum atomic E-state index is 9.57. The minimum atomic E-state index is 0.00858. The number of phenolic OH excluding ortho intramolecular Hbond substituents is 1. The van der Waals surface area contributed by atoms with Crippen LogP contribution in [-0.4, -0.2) is 10.1 Å². The second-order valence-electron chi connectivity index (χ2n) is 4.02. The third kappa shape index (κ3) is 1.62. The number of nitrogen functional groups attached to an aromatic ring is 2. The Morgan fingerprint density at radius 1 is 1.06 bits per heavy atom. The monoisotopic (exact) mass is 241 g/mol. The van der Waals surface area contributed by atoms with Crippen LogP contribution in [0.2, 0.25) is 0 Å². The number of benzene rings is 2.